The zero-order valence-electron chi connectivity index (χ0n) is 9.34. The number of nitrogens with zero attached hydrogens (tertiary/aromatic N) is 2. The van der Waals surface area contributed by atoms with Crippen molar-refractivity contribution in [1.82, 2.24) is 10.2 Å². The average molecular weight is 240 g/mol. The van der Waals surface area contributed by atoms with Crippen LogP contribution in [0.1, 0.15) is 0 Å². The van der Waals surface area contributed by atoms with E-state index in [1.807, 2.05) is 12.1 Å². The van der Waals surface area contributed by atoms with E-state index in [9.17, 15) is 9.50 Å². The van der Waals surface area contributed by atoms with Gasteiger partial charge in [-0.05, 0) is 35.4 Å². The number of fused-ring (bicyclic) bond motifs is 1. The van der Waals surface area contributed by atoms with Gasteiger partial charge >= 0.3 is 0 Å². The van der Waals surface area contributed by atoms with Crippen LogP contribution in [0.4, 0.5) is 4.39 Å². The van der Waals surface area contributed by atoms with Crippen molar-refractivity contribution in [2.75, 3.05) is 0 Å². The molecule has 0 aliphatic rings. The van der Waals surface area contributed by atoms with Crippen LogP contribution in [0.3, 0.4) is 0 Å². The summed E-state index contributed by atoms with van der Waals surface area (Å²) in [7, 11) is 0. The Morgan fingerprint density at radius 2 is 1.67 bits per heavy atom. The third-order valence-corrected chi connectivity index (χ3v) is 2.80. The van der Waals surface area contributed by atoms with Gasteiger partial charge in [0.25, 0.3) is 0 Å². The predicted octanol–water partition coefficient (Wildman–Crippen LogP) is 3.14. The Morgan fingerprint density at radius 1 is 0.944 bits per heavy atom. The van der Waals surface area contributed by atoms with E-state index in [1.54, 1.807) is 18.2 Å². The van der Waals surface area contributed by atoms with Gasteiger partial charge in [-0.25, -0.2) is 4.39 Å². The molecule has 0 bridgehead atoms. The molecule has 0 aliphatic carbocycles. The van der Waals surface area contributed by atoms with Gasteiger partial charge in [0, 0.05) is 5.39 Å². The van der Waals surface area contributed by atoms with Gasteiger partial charge in [0.1, 0.15) is 11.6 Å². The van der Waals surface area contributed by atoms with Gasteiger partial charge in [-0.15, -0.1) is 0 Å². The fraction of sp³-hybridized carbons (Fsp3) is 0. The summed E-state index contributed by atoms with van der Waals surface area (Å²) in [5.74, 6) is -0.183. The normalized spacial score (nSPS) is 10.7. The van der Waals surface area contributed by atoms with Gasteiger partial charge in [0.2, 0.25) is 0 Å². The zero-order valence-corrected chi connectivity index (χ0v) is 9.34. The van der Waals surface area contributed by atoms with E-state index in [0.29, 0.717) is 10.9 Å². The van der Waals surface area contributed by atoms with Crippen LogP contribution in [0.2, 0.25) is 0 Å². The highest BCUT2D eigenvalue weighted by Crippen LogP contribution is 2.27. The van der Waals surface area contributed by atoms with Crippen LogP contribution in [0.5, 0.6) is 5.75 Å². The maximum Gasteiger partial charge on any atom is 0.145 e. The Labute approximate surface area is 103 Å². The molecule has 0 fully saturated rings. The molecule has 0 saturated carbocycles. The Balaban J connectivity index is 2.18. The SMILES string of the molecule is Oc1cnnc2ccc(-c3ccc(F)cc3)cc12. The average Bonchev–Trinajstić information content (AvgIpc) is 2.40. The molecular formula is C14H9FN2O. The van der Waals surface area contributed by atoms with E-state index >= 15 is 0 Å². The van der Waals surface area contributed by atoms with Gasteiger partial charge < -0.3 is 5.11 Å². The van der Waals surface area contributed by atoms with Crippen molar-refractivity contribution < 1.29 is 9.50 Å². The molecule has 18 heavy (non-hydrogen) atoms. The predicted molar refractivity (Wildman–Crippen MR) is 66.6 cm³/mol. The van der Waals surface area contributed by atoms with E-state index < -0.39 is 0 Å². The van der Waals surface area contributed by atoms with E-state index in [1.165, 1.54) is 18.3 Å². The van der Waals surface area contributed by atoms with Gasteiger partial charge in [0.05, 0.1) is 11.7 Å². The van der Waals surface area contributed by atoms with Crippen LogP contribution in [0, 0.1) is 5.82 Å². The lowest BCUT2D eigenvalue weighted by atomic mass is 10.0. The van der Waals surface area contributed by atoms with Crippen molar-refractivity contribution in [2.24, 2.45) is 0 Å². The van der Waals surface area contributed by atoms with Gasteiger partial charge in [-0.2, -0.15) is 10.2 Å². The molecule has 0 spiro atoms. The summed E-state index contributed by atoms with van der Waals surface area (Å²) < 4.78 is 12.9. The number of hydrogen-bond donors (Lipinski definition) is 1. The molecule has 0 radical (unpaired) electrons. The maximum absolute atomic E-state index is 12.9. The lowest BCUT2D eigenvalue weighted by Crippen LogP contribution is -1.85. The number of halogens is 1. The molecule has 3 aromatic rings. The summed E-state index contributed by atoms with van der Waals surface area (Å²) in [6.07, 6.45) is 1.30. The quantitative estimate of drug-likeness (QED) is 0.710. The fourth-order valence-corrected chi connectivity index (χ4v) is 1.87. The third-order valence-electron chi connectivity index (χ3n) is 2.80. The summed E-state index contributed by atoms with van der Waals surface area (Å²) in [5.41, 5.74) is 2.40. The topological polar surface area (TPSA) is 46.0 Å². The molecule has 1 N–H and O–H groups in total. The highest BCUT2D eigenvalue weighted by Gasteiger charge is 2.04. The number of aromatic nitrogens is 2. The smallest absolute Gasteiger partial charge is 0.145 e. The number of benzene rings is 2. The lowest BCUT2D eigenvalue weighted by Gasteiger charge is -2.04. The second kappa shape index (κ2) is 4.07. The molecule has 0 saturated heterocycles. The minimum atomic E-state index is -0.270. The monoisotopic (exact) mass is 240 g/mol. The molecule has 3 rings (SSSR count). The molecule has 0 atom stereocenters. The first-order valence-corrected chi connectivity index (χ1v) is 5.44. The highest BCUT2D eigenvalue weighted by atomic mass is 19.1. The second-order valence-electron chi connectivity index (χ2n) is 3.97. The summed E-state index contributed by atoms with van der Waals surface area (Å²) >= 11 is 0. The first-order chi connectivity index (χ1) is 8.74. The Hall–Kier alpha value is -2.49. The van der Waals surface area contributed by atoms with E-state index in [4.69, 9.17) is 0 Å². The Morgan fingerprint density at radius 3 is 2.44 bits per heavy atom. The van der Waals surface area contributed by atoms with Crippen LogP contribution in [-0.2, 0) is 0 Å². The molecule has 3 nitrogen and oxygen atoms in total. The molecule has 88 valence electrons. The minimum absolute atomic E-state index is 0.0870. The largest absolute Gasteiger partial charge is 0.506 e. The third kappa shape index (κ3) is 1.78. The van der Waals surface area contributed by atoms with Gasteiger partial charge in [-0.3, -0.25) is 0 Å². The van der Waals surface area contributed by atoms with Crippen molar-refractivity contribution in [1.29, 1.82) is 0 Å². The standard InChI is InChI=1S/C14H9FN2O/c15-11-4-1-9(2-5-11)10-3-6-13-12(7-10)14(18)8-16-17-13/h1-8H,(H,17,18). The fourth-order valence-electron chi connectivity index (χ4n) is 1.87. The van der Waals surface area contributed by atoms with Gasteiger partial charge in [-0.1, -0.05) is 18.2 Å². The van der Waals surface area contributed by atoms with E-state index in [0.717, 1.165) is 11.1 Å². The van der Waals surface area contributed by atoms with Crippen molar-refractivity contribution in [3.63, 3.8) is 0 Å². The summed E-state index contributed by atoms with van der Waals surface area (Å²) in [6.45, 7) is 0. The van der Waals surface area contributed by atoms with Crippen molar-refractivity contribution in [3.05, 3.63) is 54.5 Å². The first-order valence-electron chi connectivity index (χ1n) is 5.44. The van der Waals surface area contributed by atoms with Crippen LogP contribution >= 0.6 is 0 Å². The Bertz CT molecular complexity index is 711. The summed E-state index contributed by atoms with van der Waals surface area (Å²) in [6, 6.07) is 11.7. The maximum atomic E-state index is 12.9. The van der Waals surface area contributed by atoms with Crippen molar-refractivity contribution in [3.8, 4) is 16.9 Å². The molecule has 2 aromatic carbocycles. The van der Waals surface area contributed by atoms with Gasteiger partial charge in [0.15, 0.2) is 0 Å². The molecule has 4 heteroatoms. The zero-order chi connectivity index (χ0) is 12.5. The summed E-state index contributed by atoms with van der Waals surface area (Å²) in [5, 5.41) is 18.0. The number of hydrogen-bond acceptors (Lipinski definition) is 3. The lowest BCUT2D eigenvalue weighted by molar-refractivity contribution is 0.478. The molecule has 0 aliphatic heterocycles. The molecule has 1 heterocycles. The Kier molecular flexibility index (Phi) is 2.41. The van der Waals surface area contributed by atoms with Crippen LogP contribution < -0.4 is 0 Å². The second-order valence-corrected chi connectivity index (χ2v) is 3.97. The number of rotatable bonds is 1. The number of aromatic hydroxyl groups is 1. The van der Waals surface area contributed by atoms with Crippen LogP contribution in [0.15, 0.2) is 48.7 Å². The van der Waals surface area contributed by atoms with Crippen molar-refractivity contribution in [2.45, 2.75) is 0 Å². The minimum Gasteiger partial charge on any atom is -0.506 e. The highest BCUT2D eigenvalue weighted by molar-refractivity contribution is 5.88. The molecule has 1 aromatic heterocycles. The van der Waals surface area contributed by atoms with Crippen LogP contribution in [-0.4, -0.2) is 15.3 Å². The molecule has 0 amide bonds. The van der Waals surface area contributed by atoms with E-state index in [-0.39, 0.29) is 11.6 Å². The van der Waals surface area contributed by atoms with Crippen LogP contribution in [0.25, 0.3) is 22.0 Å². The van der Waals surface area contributed by atoms with E-state index in [2.05, 4.69) is 10.2 Å². The summed E-state index contributed by atoms with van der Waals surface area (Å²) in [4.78, 5) is 0. The van der Waals surface area contributed by atoms with Crippen molar-refractivity contribution >= 4 is 10.9 Å². The molecular weight excluding hydrogens is 231 g/mol. The first kappa shape index (κ1) is 10.7. The molecule has 0 unspecified atom stereocenters.